The number of ether oxygens (including phenoxy) is 3. The Morgan fingerprint density at radius 3 is 2.17 bits per heavy atom. The third-order valence-electron chi connectivity index (χ3n) is 4.64. The molecule has 158 valence electrons. The number of nitrogens with zero attached hydrogens (tertiary/aromatic N) is 1. The molecule has 0 bridgehead atoms. The van der Waals surface area contributed by atoms with Crippen molar-refractivity contribution in [2.75, 3.05) is 33.5 Å². The van der Waals surface area contributed by atoms with Crippen LogP contribution in [0.2, 0.25) is 0 Å². The molecule has 0 spiro atoms. The molecule has 0 atom stereocenters. The van der Waals surface area contributed by atoms with Crippen molar-refractivity contribution < 1.29 is 19.0 Å². The lowest BCUT2D eigenvalue weighted by Crippen LogP contribution is -2.22. The molecule has 30 heavy (non-hydrogen) atoms. The highest BCUT2D eigenvalue weighted by atomic mass is 32.2. The standard InChI is InChI=1S/C23H25NO4S2/c1-16-4-7-20(14-17(16)2)28-13-11-26-10-12-27-19-8-5-18(6-9-19)15-21-22(25)24(3)23(29)30-21/h4-9,14-15H,10-13H2,1-3H3/b21-15+. The molecule has 1 amide bonds. The Balaban J connectivity index is 1.34. The monoisotopic (exact) mass is 443 g/mol. The Hall–Kier alpha value is -2.35. The van der Waals surface area contributed by atoms with Gasteiger partial charge >= 0.3 is 0 Å². The normalized spacial score (nSPS) is 15.2. The lowest BCUT2D eigenvalue weighted by atomic mass is 10.1. The topological polar surface area (TPSA) is 48.0 Å². The van der Waals surface area contributed by atoms with Crippen LogP contribution in [0.25, 0.3) is 6.08 Å². The van der Waals surface area contributed by atoms with E-state index in [4.69, 9.17) is 26.4 Å². The Labute approximate surface area is 187 Å². The average molecular weight is 444 g/mol. The fourth-order valence-corrected chi connectivity index (χ4v) is 3.88. The quantitative estimate of drug-likeness (QED) is 0.320. The molecule has 2 aromatic rings. The van der Waals surface area contributed by atoms with Crippen molar-refractivity contribution in [3.63, 3.8) is 0 Å². The maximum Gasteiger partial charge on any atom is 0.265 e. The summed E-state index contributed by atoms with van der Waals surface area (Å²) < 4.78 is 17.5. The number of carbonyl (C=O) groups is 1. The summed E-state index contributed by atoms with van der Waals surface area (Å²) in [7, 11) is 1.69. The molecule has 1 fully saturated rings. The molecular weight excluding hydrogens is 418 g/mol. The van der Waals surface area contributed by atoms with Gasteiger partial charge in [0.15, 0.2) is 0 Å². The molecular formula is C23H25NO4S2. The predicted molar refractivity (Wildman–Crippen MR) is 125 cm³/mol. The van der Waals surface area contributed by atoms with E-state index in [0.717, 1.165) is 17.1 Å². The highest BCUT2D eigenvalue weighted by molar-refractivity contribution is 8.26. The van der Waals surface area contributed by atoms with Gasteiger partial charge < -0.3 is 14.2 Å². The molecule has 0 saturated carbocycles. The van der Waals surface area contributed by atoms with Gasteiger partial charge in [-0.2, -0.15) is 0 Å². The molecule has 1 heterocycles. The Morgan fingerprint density at radius 1 is 0.933 bits per heavy atom. The van der Waals surface area contributed by atoms with E-state index in [0.29, 0.717) is 35.7 Å². The molecule has 1 aliphatic heterocycles. The molecule has 0 N–H and O–H groups in total. The number of rotatable bonds is 9. The first-order valence-corrected chi connectivity index (χ1v) is 10.9. The van der Waals surface area contributed by atoms with Gasteiger partial charge in [0, 0.05) is 7.05 Å². The molecule has 2 aromatic carbocycles. The number of amides is 1. The maximum atomic E-state index is 12.0. The second kappa shape index (κ2) is 10.6. The number of carbonyl (C=O) groups excluding carboxylic acids is 1. The van der Waals surface area contributed by atoms with E-state index in [-0.39, 0.29) is 5.91 Å². The fraction of sp³-hybridized carbons (Fsp3) is 0.304. The smallest absolute Gasteiger partial charge is 0.265 e. The van der Waals surface area contributed by atoms with Gasteiger partial charge in [-0.1, -0.05) is 42.2 Å². The highest BCUT2D eigenvalue weighted by Gasteiger charge is 2.28. The van der Waals surface area contributed by atoms with Crippen molar-refractivity contribution >= 4 is 40.3 Å². The second-order valence-corrected chi connectivity index (χ2v) is 8.54. The first kappa shape index (κ1) is 22.3. The van der Waals surface area contributed by atoms with Gasteiger partial charge in [-0.05, 0) is 60.9 Å². The summed E-state index contributed by atoms with van der Waals surface area (Å²) in [6, 6.07) is 13.6. The first-order chi connectivity index (χ1) is 14.4. The summed E-state index contributed by atoms with van der Waals surface area (Å²) in [4.78, 5) is 14.2. The Morgan fingerprint density at radius 2 is 1.57 bits per heavy atom. The number of aryl methyl sites for hydroxylation is 2. The Kier molecular flexibility index (Phi) is 7.90. The van der Waals surface area contributed by atoms with Crippen LogP contribution < -0.4 is 9.47 Å². The lowest BCUT2D eigenvalue weighted by Gasteiger charge is -2.10. The van der Waals surface area contributed by atoms with Crippen molar-refractivity contribution in [3.05, 3.63) is 64.1 Å². The van der Waals surface area contributed by atoms with E-state index < -0.39 is 0 Å². The number of hydrogen-bond donors (Lipinski definition) is 0. The highest BCUT2D eigenvalue weighted by Crippen LogP contribution is 2.31. The van der Waals surface area contributed by atoms with Gasteiger partial charge in [0.25, 0.3) is 5.91 Å². The van der Waals surface area contributed by atoms with E-state index in [1.54, 1.807) is 7.05 Å². The van der Waals surface area contributed by atoms with Gasteiger partial charge in [-0.15, -0.1) is 0 Å². The zero-order valence-electron chi connectivity index (χ0n) is 17.3. The number of thioether (sulfide) groups is 1. The first-order valence-electron chi connectivity index (χ1n) is 9.66. The molecule has 1 saturated heterocycles. The minimum absolute atomic E-state index is 0.0658. The molecule has 0 unspecified atom stereocenters. The SMILES string of the molecule is Cc1ccc(OCCOCCOc2ccc(/C=C3/SC(=S)N(C)C3=O)cc2)cc1C. The summed E-state index contributed by atoms with van der Waals surface area (Å²) >= 11 is 6.46. The van der Waals surface area contributed by atoms with Crippen molar-refractivity contribution in [1.82, 2.24) is 4.90 Å². The van der Waals surface area contributed by atoms with Crippen LogP contribution in [0.1, 0.15) is 16.7 Å². The van der Waals surface area contributed by atoms with Crippen molar-refractivity contribution in [2.24, 2.45) is 0 Å². The van der Waals surface area contributed by atoms with Crippen LogP contribution in [-0.2, 0) is 9.53 Å². The van der Waals surface area contributed by atoms with Crippen LogP contribution >= 0.6 is 24.0 Å². The molecule has 0 aliphatic carbocycles. The zero-order chi connectivity index (χ0) is 21.5. The fourth-order valence-electron chi connectivity index (χ4n) is 2.70. The molecule has 0 radical (unpaired) electrons. The maximum absolute atomic E-state index is 12.0. The summed E-state index contributed by atoms with van der Waals surface area (Å²) in [6.07, 6.45) is 1.84. The largest absolute Gasteiger partial charge is 0.491 e. The van der Waals surface area contributed by atoms with Crippen molar-refractivity contribution in [1.29, 1.82) is 0 Å². The van der Waals surface area contributed by atoms with E-state index >= 15 is 0 Å². The minimum atomic E-state index is -0.0658. The molecule has 1 aliphatic rings. The summed E-state index contributed by atoms with van der Waals surface area (Å²) in [5.74, 6) is 1.55. The summed E-state index contributed by atoms with van der Waals surface area (Å²) in [5, 5.41) is 0. The van der Waals surface area contributed by atoms with E-state index in [1.165, 1.54) is 27.8 Å². The number of benzene rings is 2. The lowest BCUT2D eigenvalue weighted by molar-refractivity contribution is -0.121. The van der Waals surface area contributed by atoms with Gasteiger partial charge in [-0.25, -0.2) is 0 Å². The molecule has 7 heteroatoms. The Bertz CT molecular complexity index is 941. The summed E-state index contributed by atoms with van der Waals surface area (Å²) in [6.45, 7) is 6.10. The van der Waals surface area contributed by atoms with Gasteiger partial charge in [-0.3, -0.25) is 9.69 Å². The number of thiocarbonyl (C=S) groups is 1. The predicted octanol–water partition coefficient (Wildman–Crippen LogP) is 4.61. The van der Waals surface area contributed by atoms with Gasteiger partial charge in [0.2, 0.25) is 0 Å². The zero-order valence-corrected chi connectivity index (χ0v) is 19.0. The third-order valence-corrected chi connectivity index (χ3v) is 6.12. The third kappa shape index (κ3) is 6.08. The average Bonchev–Trinajstić information content (AvgIpc) is 2.97. The van der Waals surface area contributed by atoms with Crippen molar-refractivity contribution in [2.45, 2.75) is 13.8 Å². The number of hydrogen-bond acceptors (Lipinski definition) is 6. The van der Waals surface area contributed by atoms with Gasteiger partial charge in [0.1, 0.15) is 29.0 Å². The van der Waals surface area contributed by atoms with E-state index in [2.05, 4.69) is 19.9 Å². The van der Waals surface area contributed by atoms with Crippen LogP contribution in [0.15, 0.2) is 47.4 Å². The molecule has 5 nitrogen and oxygen atoms in total. The van der Waals surface area contributed by atoms with Crippen LogP contribution in [0.3, 0.4) is 0 Å². The molecule has 0 aromatic heterocycles. The van der Waals surface area contributed by atoms with Crippen LogP contribution in [0, 0.1) is 13.8 Å². The minimum Gasteiger partial charge on any atom is -0.491 e. The van der Waals surface area contributed by atoms with Crippen molar-refractivity contribution in [3.8, 4) is 11.5 Å². The van der Waals surface area contributed by atoms with Crippen LogP contribution in [0.5, 0.6) is 11.5 Å². The second-order valence-electron chi connectivity index (χ2n) is 6.87. The van der Waals surface area contributed by atoms with E-state index in [9.17, 15) is 4.79 Å². The molecule has 3 rings (SSSR count). The van der Waals surface area contributed by atoms with E-state index in [1.807, 2.05) is 42.5 Å². The van der Waals surface area contributed by atoms with Crippen LogP contribution in [-0.4, -0.2) is 48.6 Å². The number of likely N-dealkylation sites (N-methyl/N-ethyl adjacent to an activating group) is 1. The van der Waals surface area contributed by atoms with Gasteiger partial charge in [0.05, 0.1) is 18.1 Å². The van der Waals surface area contributed by atoms with Crippen LogP contribution in [0.4, 0.5) is 0 Å². The summed E-state index contributed by atoms with van der Waals surface area (Å²) in [5.41, 5.74) is 3.40.